The standard InChI is InChI=1S/C29H60S2/c1-26(2)22-18-14-10-7-8-12-16-20-24-28(30-5)29(31-6)25-21-17-13-9-11-15-19-23-27(3)4/h26-29H,7-25H2,1-6H3. The van der Waals surface area contributed by atoms with Gasteiger partial charge in [0.25, 0.3) is 0 Å². The van der Waals surface area contributed by atoms with Gasteiger partial charge in [0.05, 0.1) is 0 Å². The van der Waals surface area contributed by atoms with Crippen molar-refractivity contribution in [3.8, 4) is 0 Å². The highest BCUT2D eigenvalue weighted by Gasteiger charge is 2.19. The smallest absolute Gasteiger partial charge is 0.0163 e. The van der Waals surface area contributed by atoms with Crippen LogP contribution in [-0.2, 0) is 0 Å². The van der Waals surface area contributed by atoms with E-state index in [1.807, 2.05) is 0 Å². The summed E-state index contributed by atoms with van der Waals surface area (Å²) in [6, 6.07) is 0. The predicted molar refractivity (Wildman–Crippen MR) is 152 cm³/mol. The SMILES string of the molecule is CSC(CCCCCCCCCCC(C)C)C(CCCCCCCCCC(C)C)SC. The Morgan fingerprint density at radius 2 is 0.581 bits per heavy atom. The summed E-state index contributed by atoms with van der Waals surface area (Å²) in [7, 11) is 0. The van der Waals surface area contributed by atoms with Crippen molar-refractivity contribution in [2.24, 2.45) is 11.8 Å². The molecule has 0 aromatic rings. The van der Waals surface area contributed by atoms with Crippen molar-refractivity contribution >= 4 is 23.5 Å². The van der Waals surface area contributed by atoms with Crippen LogP contribution in [0.25, 0.3) is 0 Å². The lowest BCUT2D eigenvalue weighted by Crippen LogP contribution is -2.19. The zero-order valence-corrected chi connectivity index (χ0v) is 24.2. The molecule has 2 atom stereocenters. The van der Waals surface area contributed by atoms with Crippen LogP contribution in [0.3, 0.4) is 0 Å². The average Bonchev–Trinajstić information content (AvgIpc) is 2.74. The second-order valence-corrected chi connectivity index (χ2v) is 12.9. The zero-order valence-electron chi connectivity index (χ0n) is 22.6. The first kappa shape index (κ1) is 31.7. The fourth-order valence-corrected chi connectivity index (χ4v) is 7.00. The number of hydrogen-bond donors (Lipinski definition) is 0. The summed E-state index contributed by atoms with van der Waals surface area (Å²) in [5.74, 6) is 1.77. The molecule has 2 heteroatoms. The topological polar surface area (TPSA) is 0 Å². The molecule has 0 amide bonds. The van der Waals surface area contributed by atoms with E-state index in [2.05, 4.69) is 63.7 Å². The average molecular weight is 473 g/mol. The minimum absolute atomic E-state index is 0.877. The minimum Gasteiger partial charge on any atom is -0.161 e. The number of thioether (sulfide) groups is 2. The lowest BCUT2D eigenvalue weighted by Gasteiger charge is -2.24. The second-order valence-electron chi connectivity index (χ2n) is 10.8. The quantitative estimate of drug-likeness (QED) is 0.128. The number of hydrogen-bond acceptors (Lipinski definition) is 2. The molecule has 2 unspecified atom stereocenters. The van der Waals surface area contributed by atoms with Crippen LogP contribution in [0, 0.1) is 11.8 Å². The number of rotatable bonds is 24. The molecule has 0 aromatic heterocycles. The van der Waals surface area contributed by atoms with Gasteiger partial charge in [-0.25, -0.2) is 0 Å². The molecule has 188 valence electrons. The van der Waals surface area contributed by atoms with Crippen molar-refractivity contribution in [1.82, 2.24) is 0 Å². The molecule has 31 heavy (non-hydrogen) atoms. The first-order valence-electron chi connectivity index (χ1n) is 14.1. The summed E-state index contributed by atoms with van der Waals surface area (Å²) < 4.78 is 0. The van der Waals surface area contributed by atoms with E-state index in [0.717, 1.165) is 22.3 Å². The van der Waals surface area contributed by atoms with Gasteiger partial charge in [-0.3, -0.25) is 0 Å². The predicted octanol–water partition coefficient (Wildman–Crippen LogP) is 11.2. The van der Waals surface area contributed by atoms with E-state index in [9.17, 15) is 0 Å². The summed E-state index contributed by atoms with van der Waals surface area (Å²) in [5.41, 5.74) is 0. The van der Waals surface area contributed by atoms with E-state index >= 15 is 0 Å². The molecule has 0 N–H and O–H groups in total. The van der Waals surface area contributed by atoms with E-state index in [1.165, 1.54) is 122 Å². The van der Waals surface area contributed by atoms with Crippen molar-refractivity contribution in [3.05, 3.63) is 0 Å². The molecule has 0 bridgehead atoms. The first-order chi connectivity index (χ1) is 15.0. The molecule has 0 aliphatic rings. The van der Waals surface area contributed by atoms with E-state index in [1.54, 1.807) is 0 Å². The largest absolute Gasteiger partial charge is 0.161 e. The molecule has 0 saturated heterocycles. The van der Waals surface area contributed by atoms with Crippen molar-refractivity contribution < 1.29 is 0 Å². The molecule has 0 saturated carbocycles. The molecule has 0 nitrogen and oxygen atoms in total. The highest BCUT2D eigenvalue weighted by Crippen LogP contribution is 2.30. The highest BCUT2D eigenvalue weighted by molar-refractivity contribution is 8.03. The molecular weight excluding hydrogens is 412 g/mol. The Balaban J connectivity index is 3.64. The molecule has 0 radical (unpaired) electrons. The van der Waals surface area contributed by atoms with Crippen molar-refractivity contribution in [3.63, 3.8) is 0 Å². The van der Waals surface area contributed by atoms with Gasteiger partial charge in [0.15, 0.2) is 0 Å². The normalized spacial score (nSPS) is 13.9. The summed E-state index contributed by atoms with van der Waals surface area (Å²) in [6.07, 6.45) is 32.3. The summed E-state index contributed by atoms with van der Waals surface area (Å²) >= 11 is 4.28. The van der Waals surface area contributed by atoms with Gasteiger partial charge >= 0.3 is 0 Å². The lowest BCUT2D eigenvalue weighted by atomic mass is 10.0. The first-order valence-corrected chi connectivity index (χ1v) is 16.6. The Bertz CT molecular complexity index is 340. The van der Waals surface area contributed by atoms with Crippen LogP contribution in [0.1, 0.15) is 150 Å². The molecule has 0 aliphatic heterocycles. The van der Waals surface area contributed by atoms with Crippen molar-refractivity contribution in [2.75, 3.05) is 12.5 Å². The maximum atomic E-state index is 2.35. The van der Waals surface area contributed by atoms with Crippen LogP contribution in [0.15, 0.2) is 0 Å². The Kier molecular flexibility index (Phi) is 24.4. The Morgan fingerprint density at radius 3 is 0.806 bits per heavy atom. The van der Waals surface area contributed by atoms with Crippen molar-refractivity contribution in [2.45, 2.75) is 160 Å². The third-order valence-corrected chi connectivity index (χ3v) is 9.32. The van der Waals surface area contributed by atoms with Crippen LogP contribution >= 0.6 is 23.5 Å². The summed E-state index contributed by atoms with van der Waals surface area (Å²) in [6.45, 7) is 9.39. The fourth-order valence-electron chi connectivity index (χ4n) is 4.65. The second kappa shape index (κ2) is 23.8. The Labute approximate surface area is 207 Å². The van der Waals surface area contributed by atoms with Gasteiger partial charge < -0.3 is 0 Å². The number of unbranched alkanes of at least 4 members (excludes halogenated alkanes) is 13. The Hall–Kier alpha value is 0.700. The molecule has 0 fully saturated rings. The fraction of sp³-hybridized carbons (Fsp3) is 1.00. The van der Waals surface area contributed by atoms with Gasteiger partial charge in [-0.05, 0) is 37.2 Å². The van der Waals surface area contributed by atoms with E-state index in [0.29, 0.717) is 0 Å². The molecule has 0 aliphatic carbocycles. The van der Waals surface area contributed by atoms with Gasteiger partial charge in [0.2, 0.25) is 0 Å². The van der Waals surface area contributed by atoms with Crippen LogP contribution in [-0.4, -0.2) is 23.0 Å². The maximum Gasteiger partial charge on any atom is 0.0163 e. The minimum atomic E-state index is 0.877. The molecule has 0 heterocycles. The van der Waals surface area contributed by atoms with Crippen LogP contribution in [0.5, 0.6) is 0 Å². The molecule has 0 aromatic carbocycles. The third kappa shape index (κ3) is 22.3. The van der Waals surface area contributed by atoms with Gasteiger partial charge in [0, 0.05) is 10.5 Å². The lowest BCUT2D eigenvalue weighted by molar-refractivity contribution is 0.500. The van der Waals surface area contributed by atoms with Gasteiger partial charge in [-0.1, -0.05) is 137 Å². The Morgan fingerprint density at radius 1 is 0.355 bits per heavy atom. The zero-order chi connectivity index (χ0) is 23.2. The van der Waals surface area contributed by atoms with E-state index < -0.39 is 0 Å². The van der Waals surface area contributed by atoms with Crippen molar-refractivity contribution in [1.29, 1.82) is 0 Å². The van der Waals surface area contributed by atoms with Gasteiger partial charge in [-0.15, -0.1) is 0 Å². The summed E-state index contributed by atoms with van der Waals surface area (Å²) in [4.78, 5) is 0. The molecule has 0 spiro atoms. The highest BCUT2D eigenvalue weighted by atomic mass is 32.2. The van der Waals surface area contributed by atoms with Crippen LogP contribution < -0.4 is 0 Å². The van der Waals surface area contributed by atoms with Crippen LogP contribution in [0.4, 0.5) is 0 Å². The molecule has 0 rings (SSSR count). The van der Waals surface area contributed by atoms with E-state index in [4.69, 9.17) is 0 Å². The third-order valence-electron chi connectivity index (χ3n) is 6.81. The van der Waals surface area contributed by atoms with Gasteiger partial charge in [0.1, 0.15) is 0 Å². The summed E-state index contributed by atoms with van der Waals surface area (Å²) in [5, 5.41) is 1.75. The molecular formula is C29H60S2. The maximum absolute atomic E-state index is 2.35. The van der Waals surface area contributed by atoms with E-state index in [-0.39, 0.29) is 0 Å². The monoisotopic (exact) mass is 472 g/mol. The van der Waals surface area contributed by atoms with Gasteiger partial charge in [-0.2, -0.15) is 23.5 Å². The van der Waals surface area contributed by atoms with Crippen LogP contribution in [0.2, 0.25) is 0 Å².